The number of nitrogens with one attached hydrogen (secondary N) is 1. The summed E-state index contributed by atoms with van der Waals surface area (Å²) in [4.78, 5) is 11.9. The van der Waals surface area contributed by atoms with Gasteiger partial charge in [-0.1, -0.05) is 38.0 Å². The fourth-order valence-electron chi connectivity index (χ4n) is 1.83. The van der Waals surface area contributed by atoms with Crippen LogP contribution < -0.4 is 5.32 Å². The lowest BCUT2D eigenvalue weighted by Crippen LogP contribution is -2.24. The maximum absolute atomic E-state index is 13.8. The van der Waals surface area contributed by atoms with Gasteiger partial charge in [-0.25, -0.2) is 4.39 Å². The number of hydrogen-bond acceptors (Lipinski definition) is 2. The van der Waals surface area contributed by atoms with E-state index in [-0.39, 0.29) is 18.1 Å². The lowest BCUT2D eigenvalue weighted by atomic mass is 10.1. The van der Waals surface area contributed by atoms with E-state index in [1.807, 2.05) is 0 Å². The van der Waals surface area contributed by atoms with Gasteiger partial charge in [0.25, 0.3) is 5.91 Å². The zero-order valence-corrected chi connectivity index (χ0v) is 12.4. The van der Waals surface area contributed by atoms with Crippen molar-refractivity contribution in [2.45, 2.75) is 39.0 Å². The molecule has 0 bridgehead atoms. The summed E-state index contributed by atoms with van der Waals surface area (Å²) >= 11 is 0. The average Bonchev–Trinajstić information content (AvgIpc) is 2.48. The van der Waals surface area contributed by atoms with Crippen molar-refractivity contribution in [3.63, 3.8) is 0 Å². The van der Waals surface area contributed by atoms with Crippen LogP contribution in [0.25, 0.3) is 0 Å². The Kier molecular flexibility index (Phi) is 8.15. The molecule has 0 saturated heterocycles. The monoisotopic (exact) mass is 291 g/mol. The SMILES string of the molecule is CCCCCCNC(=O)c1ccc(C#CCCO)c(F)c1. The Morgan fingerprint density at radius 2 is 2.14 bits per heavy atom. The summed E-state index contributed by atoms with van der Waals surface area (Å²) < 4.78 is 13.8. The van der Waals surface area contributed by atoms with Crippen LogP contribution in [0.2, 0.25) is 0 Å². The molecule has 0 aliphatic rings. The normalized spacial score (nSPS) is 9.86. The molecule has 1 rings (SSSR count). The highest BCUT2D eigenvalue weighted by atomic mass is 19.1. The minimum atomic E-state index is -0.515. The molecule has 21 heavy (non-hydrogen) atoms. The van der Waals surface area contributed by atoms with Gasteiger partial charge in [0.05, 0.1) is 12.2 Å². The highest BCUT2D eigenvalue weighted by Gasteiger charge is 2.08. The van der Waals surface area contributed by atoms with Crippen LogP contribution in [0.3, 0.4) is 0 Å². The van der Waals surface area contributed by atoms with Crippen LogP contribution in [0.15, 0.2) is 18.2 Å². The number of benzene rings is 1. The van der Waals surface area contributed by atoms with Gasteiger partial charge in [-0.15, -0.1) is 0 Å². The van der Waals surface area contributed by atoms with E-state index in [1.54, 1.807) is 6.07 Å². The summed E-state index contributed by atoms with van der Waals surface area (Å²) in [6, 6.07) is 4.25. The molecule has 0 heterocycles. The first-order valence-corrected chi connectivity index (χ1v) is 7.36. The van der Waals surface area contributed by atoms with E-state index in [0.717, 1.165) is 25.7 Å². The van der Waals surface area contributed by atoms with Gasteiger partial charge in [0.1, 0.15) is 5.82 Å². The Labute approximate surface area is 125 Å². The number of hydrogen-bond donors (Lipinski definition) is 2. The predicted molar refractivity (Wildman–Crippen MR) is 81.5 cm³/mol. The minimum Gasteiger partial charge on any atom is -0.395 e. The van der Waals surface area contributed by atoms with Crippen molar-refractivity contribution in [2.24, 2.45) is 0 Å². The van der Waals surface area contributed by atoms with Crippen LogP contribution in [0.4, 0.5) is 4.39 Å². The van der Waals surface area contributed by atoms with E-state index in [2.05, 4.69) is 24.1 Å². The standard InChI is InChI=1S/C17H22FNO2/c1-2-3-4-6-11-19-17(21)15-10-9-14(16(18)13-15)8-5-7-12-20/h9-10,13,20H,2-4,6-7,11-12H2,1H3,(H,19,21). The molecule has 1 aromatic carbocycles. The number of unbranched alkanes of at least 4 members (excludes halogenated alkanes) is 3. The van der Waals surface area contributed by atoms with Crippen LogP contribution in [0, 0.1) is 17.7 Å². The Hall–Kier alpha value is -1.86. The number of amides is 1. The lowest BCUT2D eigenvalue weighted by Gasteiger charge is -2.05. The molecule has 114 valence electrons. The molecule has 0 fully saturated rings. The third-order valence-electron chi connectivity index (χ3n) is 3.01. The van der Waals surface area contributed by atoms with Crippen molar-refractivity contribution in [3.05, 3.63) is 35.1 Å². The quantitative estimate of drug-likeness (QED) is 0.599. The van der Waals surface area contributed by atoms with Crippen LogP contribution in [-0.2, 0) is 0 Å². The summed E-state index contributed by atoms with van der Waals surface area (Å²) in [5, 5.41) is 11.4. The molecular formula is C17H22FNO2. The maximum Gasteiger partial charge on any atom is 0.251 e. The highest BCUT2D eigenvalue weighted by Crippen LogP contribution is 2.09. The fourth-order valence-corrected chi connectivity index (χ4v) is 1.83. The number of aliphatic hydroxyl groups is 1. The van der Waals surface area contributed by atoms with Crippen molar-refractivity contribution in [1.82, 2.24) is 5.32 Å². The molecular weight excluding hydrogens is 269 g/mol. The van der Waals surface area contributed by atoms with Crippen LogP contribution in [0.1, 0.15) is 54.9 Å². The number of carbonyl (C=O) groups is 1. The third-order valence-corrected chi connectivity index (χ3v) is 3.01. The van der Waals surface area contributed by atoms with Gasteiger partial charge in [0, 0.05) is 18.5 Å². The largest absolute Gasteiger partial charge is 0.395 e. The van der Waals surface area contributed by atoms with Gasteiger partial charge in [0.15, 0.2) is 0 Å². The second-order valence-electron chi connectivity index (χ2n) is 4.79. The number of halogens is 1. The van der Waals surface area contributed by atoms with E-state index in [9.17, 15) is 9.18 Å². The zero-order chi connectivity index (χ0) is 15.5. The summed E-state index contributed by atoms with van der Waals surface area (Å²) in [5.41, 5.74) is 0.540. The predicted octanol–water partition coefficient (Wildman–Crippen LogP) is 2.87. The van der Waals surface area contributed by atoms with Gasteiger partial charge in [-0.2, -0.15) is 0 Å². The zero-order valence-electron chi connectivity index (χ0n) is 12.4. The van der Waals surface area contributed by atoms with Gasteiger partial charge < -0.3 is 10.4 Å². The van der Waals surface area contributed by atoms with Gasteiger partial charge in [-0.3, -0.25) is 4.79 Å². The Morgan fingerprint density at radius 1 is 1.33 bits per heavy atom. The van der Waals surface area contributed by atoms with Crippen LogP contribution in [-0.4, -0.2) is 24.2 Å². The molecule has 0 unspecified atom stereocenters. The molecule has 3 nitrogen and oxygen atoms in total. The van der Waals surface area contributed by atoms with Crippen molar-refractivity contribution in [2.75, 3.05) is 13.2 Å². The molecule has 0 spiro atoms. The first kappa shape index (κ1) is 17.2. The molecule has 0 radical (unpaired) electrons. The maximum atomic E-state index is 13.8. The van der Waals surface area contributed by atoms with Crippen molar-refractivity contribution >= 4 is 5.91 Å². The van der Waals surface area contributed by atoms with E-state index < -0.39 is 5.82 Å². The average molecular weight is 291 g/mol. The third kappa shape index (κ3) is 6.42. The molecule has 0 atom stereocenters. The number of aliphatic hydroxyl groups excluding tert-OH is 1. The molecule has 0 saturated carbocycles. The topological polar surface area (TPSA) is 49.3 Å². The Morgan fingerprint density at radius 3 is 2.81 bits per heavy atom. The summed E-state index contributed by atoms with van der Waals surface area (Å²) in [5.74, 6) is 4.51. The lowest BCUT2D eigenvalue weighted by molar-refractivity contribution is 0.0952. The molecule has 0 aliphatic carbocycles. The Balaban J connectivity index is 2.54. The second kappa shape index (κ2) is 9.95. The molecule has 1 aromatic rings. The van der Waals surface area contributed by atoms with Gasteiger partial charge >= 0.3 is 0 Å². The number of carbonyl (C=O) groups excluding carboxylic acids is 1. The fraction of sp³-hybridized carbons (Fsp3) is 0.471. The summed E-state index contributed by atoms with van der Waals surface area (Å²) in [6.07, 6.45) is 4.64. The van der Waals surface area contributed by atoms with E-state index in [1.165, 1.54) is 12.1 Å². The second-order valence-corrected chi connectivity index (χ2v) is 4.79. The molecule has 0 aliphatic heterocycles. The van der Waals surface area contributed by atoms with Gasteiger partial charge in [-0.05, 0) is 24.6 Å². The van der Waals surface area contributed by atoms with Crippen molar-refractivity contribution in [3.8, 4) is 11.8 Å². The van der Waals surface area contributed by atoms with E-state index in [0.29, 0.717) is 18.5 Å². The molecule has 4 heteroatoms. The first-order chi connectivity index (χ1) is 10.2. The number of rotatable bonds is 7. The molecule has 2 N–H and O–H groups in total. The smallest absolute Gasteiger partial charge is 0.251 e. The summed E-state index contributed by atoms with van der Waals surface area (Å²) in [7, 11) is 0. The van der Waals surface area contributed by atoms with E-state index >= 15 is 0 Å². The van der Waals surface area contributed by atoms with Crippen molar-refractivity contribution in [1.29, 1.82) is 0 Å². The summed E-state index contributed by atoms with van der Waals surface area (Å²) in [6.45, 7) is 2.69. The molecule has 0 aromatic heterocycles. The van der Waals surface area contributed by atoms with Crippen LogP contribution in [0.5, 0.6) is 0 Å². The van der Waals surface area contributed by atoms with Gasteiger partial charge in [0.2, 0.25) is 0 Å². The minimum absolute atomic E-state index is 0.0485. The first-order valence-electron chi connectivity index (χ1n) is 7.36. The van der Waals surface area contributed by atoms with E-state index in [4.69, 9.17) is 5.11 Å². The molecule has 1 amide bonds. The highest BCUT2D eigenvalue weighted by molar-refractivity contribution is 5.94. The Bertz CT molecular complexity index is 517. The van der Waals surface area contributed by atoms with Crippen LogP contribution >= 0.6 is 0 Å². The van der Waals surface area contributed by atoms with Crippen molar-refractivity contribution < 1.29 is 14.3 Å².